The fraction of sp³-hybridized carbons (Fsp3) is 0.632. The van der Waals surface area contributed by atoms with Crippen LogP contribution in [0.5, 0.6) is 0 Å². The number of nitrogens with zero attached hydrogens (tertiary/aromatic N) is 2. The second-order valence-corrected chi connectivity index (χ2v) is 7.09. The van der Waals surface area contributed by atoms with Crippen molar-refractivity contribution in [3.8, 4) is 0 Å². The summed E-state index contributed by atoms with van der Waals surface area (Å²) in [6.07, 6.45) is 4.38. The summed E-state index contributed by atoms with van der Waals surface area (Å²) in [5.74, 6) is 0.409. The zero-order chi connectivity index (χ0) is 15.6. The van der Waals surface area contributed by atoms with Crippen molar-refractivity contribution in [2.45, 2.75) is 45.6 Å². The molecule has 2 saturated heterocycles. The van der Waals surface area contributed by atoms with E-state index < -0.39 is 0 Å². The average molecular weight is 300 g/mol. The monoisotopic (exact) mass is 300 g/mol. The molecule has 1 aromatic carbocycles. The van der Waals surface area contributed by atoms with E-state index in [1.807, 2.05) is 0 Å². The van der Waals surface area contributed by atoms with E-state index >= 15 is 0 Å². The molecule has 0 aromatic heterocycles. The van der Waals surface area contributed by atoms with Gasteiger partial charge in [0.2, 0.25) is 5.91 Å². The fourth-order valence-electron chi connectivity index (χ4n) is 3.91. The van der Waals surface area contributed by atoms with Gasteiger partial charge < -0.3 is 9.80 Å². The van der Waals surface area contributed by atoms with Gasteiger partial charge >= 0.3 is 0 Å². The van der Waals surface area contributed by atoms with Gasteiger partial charge in [-0.2, -0.15) is 0 Å². The van der Waals surface area contributed by atoms with E-state index in [0.29, 0.717) is 11.9 Å². The van der Waals surface area contributed by atoms with Crippen molar-refractivity contribution >= 4 is 5.91 Å². The zero-order valence-electron chi connectivity index (χ0n) is 13.9. The molecule has 0 N–H and O–H groups in total. The van der Waals surface area contributed by atoms with Gasteiger partial charge in [0.15, 0.2) is 0 Å². The van der Waals surface area contributed by atoms with Gasteiger partial charge in [0.25, 0.3) is 0 Å². The van der Waals surface area contributed by atoms with Crippen LogP contribution in [0.3, 0.4) is 0 Å². The predicted octanol–water partition coefficient (Wildman–Crippen LogP) is 2.95. The highest BCUT2D eigenvalue weighted by Crippen LogP contribution is 2.41. The molecular weight excluding hydrogens is 272 g/mol. The minimum atomic E-state index is -0.0572. The normalized spacial score (nSPS) is 27.0. The number of carbonyl (C=O) groups is 1. The fourth-order valence-corrected chi connectivity index (χ4v) is 3.91. The molecule has 2 fully saturated rings. The van der Waals surface area contributed by atoms with Crippen LogP contribution in [0, 0.1) is 5.41 Å². The molecule has 3 rings (SSSR count). The van der Waals surface area contributed by atoms with Crippen molar-refractivity contribution in [1.82, 2.24) is 9.80 Å². The third-order valence-electron chi connectivity index (χ3n) is 5.53. The van der Waals surface area contributed by atoms with Crippen molar-refractivity contribution in [3.63, 3.8) is 0 Å². The maximum absolute atomic E-state index is 12.7. The molecular formula is C19H28N2O. The summed E-state index contributed by atoms with van der Waals surface area (Å²) in [7, 11) is 0. The third-order valence-corrected chi connectivity index (χ3v) is 5.53. The second kappa shape index (κ2) is 6.41. The van der Waals surface area contributed by atoms with Crippen LogP contribution in [0.25, 0.3) is 0 Å². The van der Waals surface area contributed by atoms with Crippen molar-refractivity contribution in [2.75, 3.05) is 26.2 Å². The first-order chi connectivity index (χ1) is 10.6. The Labute approximate surface area is 134 Å². The quantitative estimate of drug-likeness (QED) is 0.781. The summed E-state index contributed by atoms with van der Waals surface area (Å²) < 4.78 is 0. The summed E-state index contributed by atoms with van der Waals surface area (Å²) in [6, 6.07) is 11.1. The molecule has 1 aromatic rings. The first-order valence-corrected chi connectivity index (χ1v) is 8.72. The van der Waals surface area contributed by atoms with Crippen LogP contribution in [0.4, 0.5) is 0 Å². The van der Waals surface area contributed by atoms with Crippen LogP contribution in [-0.2, 0) is 11.2 Å². The van der Waals surface area contributed by atoms with Gasteiger partial charge in [-0.25, -0.2) is 0 Å². The maximum Gasteiger partial charge on any atom is 0.232 e. The SMILES string of the molecule is CC[C@H](C)N1C[C@]2(CCCN(CCc3ccccc3)C2)C1=O. The molecule has 2 atom stereocenters. The summed E-state index contributed by atoms with van der Waals surface area (Å²) >= 11 is 0. The Balaban J connectivity index is 1.55. The zero-order valence-corrected chi connectivity index (χ0v) is 13.9. The van der Waals surface area contributed by atoms with E-state index in [4.69, 9.17) is 0 Å². The molecule has 120 valence electrons. The molecule has 0 aliphatic carbocycles. The first-order valence-electron chi connectivity index (χ1n) is 8.72. The van der Waals surface area contributed by atoms with E-state index in [0.717, 1.165) is 51.9 Å². The molecule has 0 radical (unpaired) electrons. The molecule has 3 heteroatoms. The minimum Gasteiger partial charge on any atom is -0.338 e. The Hall–Kier alpha value is -1.35. The summed E-state index contributed by atoms with van der Waals surface area (Å²) in [6.45, 7) is 8.48. The van der Waals surface area contributed by atoms with Crippen molar-refractivity contribution in [1.29, 1.82) is 0 Å². The number of rotatable bonds is 5. The summed E-state index contributed by atoms with van der Waals surface area (Å²) in [5.41, 5.74) is 1.33. The van der Waals surface area contributed by atoms with E-state index in [9.17, 15) is 4.79 Å². The molecule has 2 aliphatic rings. The Morgan fingerprint density at radius 1 is 1.23 bits per heavy atom. The van der Waals surface area contributed by atoms with Crippen molar-refractivity contribution in [3.05, 3.63) is 35.9 Å². The smallest absolute Gasteiger partial charge is 0.232 e. The van der Waals surface area contributed by atoms with Crippen LogP contribution >= 0.6 is 0 Å². The van der Waals surface area contributed by atoms with Gasteiger partial charge in [0.1, 0.15) is 0 Å². The third kappa shape index (κ3) is 2.91. The lowest BCUT2D eigenvalue weighted by Gasteiger charge is -2.55. The van der Waals surface area contributed by atoms with E-state index in [-0.39, 0.29) is 5.41 Å². The van der Waals surface area contributed by atoms with Gasteiger partial charge in [-0.3, -0.25) is 4.79 Å². The standard InChI is InChI=1S/C19H28N2O/c1-3-16(2)21-15-19(18(21)22)11-7-12-20(14-19)13-10-17-8-5-4-6-9-17/h4-6,8-9,16H,3,7,10-15H2,1-2H3/t16-,19+/m0/s1. The minimum absolute atomic E-state index is 0.0572. The number of benzene rings is 1. The number of hydrogen-bond donors (Lipinski definition) is 0. The van der Waals surface area contributed by atoms with E-state index in [1.165, 1.54) is 5.56 Å². The van der Waals surface area contributed by atoms with Crippen LogP contribution in [0.15, 0.2) is 30.3 Å². The molecule has 0 saturated carbocycles. The van der Waals surface area contributed by atoms with Gasteiger partial charge in [0, 0.05) is 25.7 Å². The second-order valence-electron chi connectivity index (χ2n) is 7.09. The molecule has 2 heterocycles. The van der Waals surface area contributed by atoms with E-state index in [1.54, 1.807) is 0 Å². The van der Waals surface area contributed by atoms with Crippen molar-refractivity contribution in [2.24, 2.45) is 5.41 Å². The molecule has 0 unspecified atom stereocenters. The number of β-lactam (4-membered cyclic amide) rings is 1. The van der Waals surface area contributed by atoms with Crippen LogP contribution < -0.4 is 0 Å². The largest absolute Gasteiger partial charge is 0.338 e. The molecule has 3 nitrogen and oxygen atoms in total. The summed E-state index contributed by atoms with van der Waals surface area (Å²) in [4.78, 5) is 17.2. The predicted molar refractivity (Wildman–Crippen MR) is 89.7 cm³/mol. The Morgan fingerprint density at radius 3 is 2.68 bits per heavy atom. The van der Waals surface area contributed by atoms with Gasteiger partial charge in [-0.1, -0.05) is 37.3 Å². The topological polar surface area (TPSA) is 23.6 Å². The summed E-state index contributed by atoms with van der Waals surface area (Å²) in [5, 5.41) is 0. The average Bonchev–Trinajstić information content (AvgIpc) is 2.58. The number of likely N-dealkylation sites (tertiary alicyclic amines) is 2. The van der Waals surface area contributed by atoms with Gasteiger partial charge in [-0.05, 0) is 44.7 Å². The maximum atomic E-state index is 12.7. The molecule has 2 aliphatic heterocycles. The lowest BCUT2D eigenvalue weighted by Crippen LogP contribution is -2.68. The molecule has 0 bridgehead atoms. The highest BCUT2D eigenvalue weighted by molar-refractivity contribution is 5.89. The van der Waals surface area contributed by atoms with E-state index in [2.05, 4.69) is 54.0 Å². The Bertz CT molecular complexity index is 515. The highest BCUT2D eigenvalue weighted by Gasteiger charge is 2.54. The first kappa shape index (κ1) is 15.5. The number of hydrogen-bond acceptors (Lipinski definition) is 2. The lowest BCUT2D eigenvalue weighted by atomic mass is 9.71. The molecule has 1 amide bonds. The number of carbonyl (C=O) groups excluding carboxylic acids is 1. The van der Waals surface area contributed by atoms with Crippen LogP contribution in [0.1, 0.15) is 38.7 Å². The van der Waals surface area contributed by atoms with Crippen molar-refractivity contribution < 1.29 is 4.79 Å². The molecule has 22 heavy (non-hydrogen) atoms. The van der Waals surface area contributed by atoms with Gasteiger partial charge in [0.05, 0.1) is 5.41 Å². The lowest BCUT2D eigenvalue weighted by molar-refractivity contribution is -0.170. The van der Waals surface area contributed by atoms with Crippen LogP contribution in [-0.4, -0.2) is 47.9 Å². The van der Waals surface area contributed by atoms with Crippen LogP contribution in [0.2, 0.25) is 0 Å². The Morgan fingerprint density at radius 2 is 2.00 bits per heavy atom. The Kier molecular flexibility index (Phi) is 4.53. The number of piperidine rings is 1. The van der Waals surface area contributed by atoms with Gasteiger partial charge in [-0.15, -0.1) is 0 Å². The highest BCUT2D eigenvalue weighted by atomic mass is 16.2. The molecule has 1 spiro atoms. The number of amides is 1.